The second kappa shape index (κ2) is 5.73. The number of nitrogens with zero attached hydrogens (tertiary/aromatic N) is 2. The van der Waals surface area contributed by atoms with Gasteiger partial charge in [0.05, 0.1) is 35.2 Å². The van der Waals surface area contributed by atoms with Crippen LogP contribution in [-0.4, -0.2) is 36.8 Å². The Bertz CT molecular complexity index is 692. The average Bonchev–Trinajstić information content (AvgIpc) is 2.48. The van der Waals surface area contributed by atoms with Crippen molar-refractivity contribution in [2.75, 3.05) is 37.4 Å². The van der Waals surface area contributed by atoms with Crippen molar-refractivity contribution in [2.45, 2.75) is 12.8 Å². The molecule has 1 aromatic heterocycles. The Balaban J connectivity index is 1.88. The van der Waals surface area contributed by atoms with Gasteiger partial charge >= 0.3 is 0 Å². The van der Waals surface area contributed by atoms with Crippen LogP contribution in [0.4, 0.5) is 11.4 Å². The fourth-order valence-corrected chi connectivity index (χ4v) is 2.89. The highest BCUT2D eigenvalue weighted by atomic mass is 16.5. The number of hydrogen-bond donors (Lipinski definition) is 2. The highest BCUT2D eigenvalue weighted by molar-refractivity contribution is 5.88. The molecule has 1 saturated heterocycles. The number of ether oxygens (including phenoxy) is 1. The summed E-state index contributed by atoms with van der Waals surface area (Å²) in [5, 5.41) is 0.521. The van der Waals surface area contributed by atoms with Gasteiger partial charge in [0, 0.05) is 20.2 Å². The standard InChI is InChI=1S/C15H20N4O2/c1-19(7-10-3-2-4-21-8-10)14-6-13-11(5-12(14)16)15(20)18-9-17-13/h5-6,9-10H,2-4,7-8,16H2,1H3,(H,17,18,20). The molecule has 3 N–H and O–H groups in total. The smallest absolute Gasteiger partial charge is 0.258 e. The molecule has 112 valence electrons. The van der Waals surface area contributed by atoms with Gasteiger partial charge < -0.3 is 20.4 Å². The van der Waals surface area contributed by atoms with Gasteiger partial charge in [-0.1, -0.05) is 0 Å². The Morgan fingerprint density at radius 1 is 1.52 bits per heavy atom. The number of fused-ring (bicyclic) bond motifs is 1. The number of nitrogens with one attached hydrogen (secondary N) is 1. The Morgan fingerprint density at radius 2 is 2.38 bits per heavy atom. The number of nitrogens with two attached hydrogens (primary N) is 1. The molecule has 1 aliphatic heterocycles. The van der Waals surface area contributed by atoms with E-state index in [2.05, 4.69) is 14.9 Å². The van der Waals surface area contributed by atoms with Crippen molar-refractivity contribution >= 4 is 22.3 Å². The molecule has 0 spiro atoms. The number of H-pyrrole nitrogens is 1. The van der Waals surface area contributed by atoms with Gasteiger partial charge in [0.25, 0.3) is 5.56 Å². The molecular formula is C15H20N4O2. The predicted octanol–water partition coefficient (Wildman–Crippen LogP) is 1.37. The summed E-state index contributed by atoms with van der Waals surface area (Å²) in [5.74, 6) is 0.519. The summed E-state index contributed by atoms with van der Waals surface area (Å²) in [5.41, 5.74) is 8.11. The maximum atomic E-state index is 11.7. The quantitative estimate of drug-likeness (QED) is 0.833. The van der Waals surface area contributed by atoms with Crippen molar-refractivity contribution in [2.24, 2.45) is 5.92 Å². The fourth-order valence-electron chi connectivity index (χ4n) is 2.89. The first-order valence-electron chi connectivity index (χ1n) is 7.21. The van der Waals surface area contributed by atoms with Crippen molar-refractivity contribution in [1.82, 2.24) is 9.97 Å². The van der Waals surface area contributed by atoms with E-state index in [4.69, 9.17) is 10.5 Å². The first kappa shape index (κ1) is 13.9. The van der Waals surface area contributed by atoms with Crippen LogP contribution in [0.3, 0.4) is 0 Å². The van der Waals surface area contributed by atoms with Gasteiger partial charge in [0.2, 0.25) is 0 Å². The average molecular weight is 288 g/mol. The minimum atomic E-state index is -0.165. The number of rotatable bonds is 3. The van der Waals surface area contributed by atoms with Crippen LogP contribution in [0.25, 0.3) is 10.9 Å². The van der Waals surface area contributed by atoms with Gasteiger partial charge in [-0.05, 0) is 30.9 Å². The molecule has 6 nitrogen and oxygen atoms in total. The van der Waals surface area contributed by atoms with Gasteiger partial charge in [0.15, 0.2) is 0 Å². The van der Waals surface area contributed by atoms with Gasteiger partial charge in [-0.3, -0.25) is 4.79 Å². The van der Waals surface area contributed by atoms with Crippen LogP contribution >= 0.6 is 0 Å². The number of hydrogen-bond acceptors (Lipinski definition) is 5. The van der Waals surface area contributed by atoms with Crippen LogP contribution < -0.4 is 16.2 Å². The maximum Gasteiger partial charge on any atom is 0.258 e. The molecule has 1 fully saturated rings. The van der Waals surface area contributed by atoms with E-state index in [1.807, 2.05) is 13.1 Å². The zero-order valence-corrected chi connectivity index (χ0v) is 12.1. The third-order valence-electron chi connectivity index (χ3n) is 3.99. The lowest BCUT2D eigenvalue weighted by Crippen LogP contribution is -2.31. The molecule has 21 heavy (non-hydrogen) atoms. The highest BCUT2D eigenvalue weighted by Crippen LogP contribution is 2.27. The largest absolute Gasteiger partial charge is 0.397 e. The molecule has 0 aliphatic carbocycles. The highest BCUT2D eigenvalue weighted by Gasteiger charge is 2.18. The minimum Gasteiger partial charge on any atom is -0.397 e. The number of nitrogen functional groups attached to an aromatic ring is 1. The van der Waals surface area contributed by atoms with Crippen molar-refractivity contribution in [3.05, 3.63) is 28.8 Å². The molecule has 0 amide bonds. The normalized spacial score (nSPS) is 18.8. The van der Waals surface area contributed by atoms with Crippen LogP contribution in [-0.2, 0) is 4.74 Å². The Kier molecular flexibility index (Phi) is 3.79. The summed E-state index contributed by atoms with van der Waals surface area (Å²) >= 11 is 0. The lowest BCUT2D eigenvalue weighted by atomic mass is 10.0. The van der Waals surface area contributed by atoms with E-state index in [0.29, 0.717) is 22.5 Å². The number of benzene rings is 1. The van der Waals surface area contributed by atoms with E-state index >= 15 is 0 Å². The minimum absolute atomic E-state index is 0.165. The lowest BCUT2D eigenvalue weighted by Gasteiger charge is -2.29. The summed E-state index contributed by atoms with van der Waals surface area (Å²) in [6.45, 7) is 2.56. The molecule has 3 rings (SSSR count). The Labute approximate surface area is 122 Å². The molecule has 0 bridgehead atoms. The molecule has 2 heterocycles. The molecule has 1 aliphatic rings. The van der Waals surface area contributed by atoms with Gasteiger partial charge in [-0.15, -0.1) is 0 Å². The zero-order chi connectivity index (χ0) is 14.8. The second-order valence-electron chi connectivity index (χ2n) is 5.62. The second-order valence-corrected chi connectivity index (χ2v) is 5.62. The van der Waals surface area contributed by atoms with E-state index in [1.165, 1.54) is 12.7 Å². The van der Waals surface area contributed by atoms with E-state index in [-0.39, 0.29) is 5.56 Å². The molecule has 6 heteroatoms. The molecule has 1 aromatic carbocycles. The van der Waals surface area contributed by atoms with Crippen LogP contribution in [0.15, 0.2) is 23.3 Å². The van der Waals surface area contributed by atoms with Gasteiger partial charge in [-0.2, -0.15) is 0 Å². The summed E-state index contributed by atoms with van der Waals surface area (Å²) in [7, 11) is 2.01. The van der Waals surface area contributed by atoms with Crippen molar-refractivity contribution in [3.8, 4) is 0 Å². The third-order valence-corrected chi connectivity index (χ3v) is 3.99. The molecule has 0 saturated carbocycles. The molecule has 1 unspecified atom stereocenters. The number of aromatic amines is 1. The lowest BCUT2D eigenvalue weighted by molar-refractivity contribution is 0.0576. The Hall–Kier alpha value is -2.08. The third kappa shape index (κ3) is 2.85. The van der Waals surface area contributed by atoms with E-state index < -0.39 is 0 Å². The first-order valence-corrected chi connectivity index (χ1v) is 7.21. The van der Waals surface area contributed by atoms with Crippen molar-refractivity contribution in [1.29, 1.82) is 0 Å². The predicted molar refractivity (Wildman–Crippen MR) is 83.6 cm³/mol. The van der Waals surface area contributed by atoms with Crippen molar-refractivity contribution < 1.29 is 4.74 Å². The maximum absolute atomic E-state index is 11.7. The van der Waals surface area contributed by atoms with Crippen molar-refractivity contribution in [3.63, 3.8) is 0 Å². The fraction of sp³-hybridized carbons (Fsp3) is 0.467. The summed E-state index contributed by atoms with van der Waals surface area (Å²) < 4.78 is 5.52. The molecule has 0 radical (unpaired) electrons. The van der Waals surface area contributed by atoms with Gasteiger partial charge in [0.1, 0.15) is 0 Å². The van der Waals surface area contributed by atoms with Crippen LogP contribution in [0.1, 0.15) is 12.8 Å². The molecule has 2 aromatic rings. The number of anilines is 2. The van der Waals surface area contributed by atoms with E-state index in [0.717, 1.165) is 31.9 Å². The van der Waals surface area contributed by atoms with E-state index in [9.17, 15) is 4.79 Å². The van der Waals surface area contributed by atoms with E-state index in [1.54, 1.807) is 6.07 Å². The summed E-state index contributed by atoms with van der Waals surface area (Å²) in [4.78, 5) is 20.6. The topological polar surface area (TPSA) is 84.2 Å². The number of aromatic nitrogens is 2. The summed E-state index contributed by atoms with van der Waals surface area (Å²) in [6.07, 6.45) is 3.71. The van der Waals surface area contributed by atoms with Crippen LogP contribution in [0, 0.1) is 5.92 Å². The summed E-state index contributed by atoms with van der Waals surface area (Å²) in [6, 6.07) is 3.58. The molecular weight excluding hydrogens is 268 g/mol. The van der Waals surface area contributed by atoms with Crippen LogP contribution in [0.2, 0.25) is 0 Å². The zero-order valence-electron chi connectivity index (χ0n) is 12.1. The van der Waals surface area contributed by atoms with Gasteiger partial charge in [-0.25, -0.2) is 4.98 Å². The Morgan fingerprint density at radius 3 is 3.14 bits per heavy atom. The molecule has 1 atom stereocenters. The van der Waals surface area contributed by atoms with Crippen LogP contribution in [0.5, 0.6) is 0 Å². The SMILES string of the molecule is CN(CC1CCCOC1)c1cc2nc[nH]c(=O)c2cc1N. The first-order chi connectivity index (χ1) is 10.1. The monoisotopic (exact) mass is 288 g/mol.